The summed E-state index contributed by atoms with van der Waals surface area (Å²) < 4.78 is 36.5. The van der Waals surface area contributed by atoms with Gasteiger partial charge in [-0.05, 0) is 62.0 Å². The number of carbonyl (C=O) groups is 1. The molecule has 0 aromatic heterocycles. The molecule has 35 heavy (non-hydrogen) atoms. The number of hydrogen-bond donors (Lipinski definition) is 0. The summed E-state index contributed by atoms with van der Waals surface area (Å²) >= 11 is 7.22. The first-order chi connectivity index (χ1) is 16.8. The number of ether oxygens (including phenoxy) is 6. The zero-order chi connectivity index (χ0) is 25.3. The Bertz CT molecular complexity index is 1020. The highest BCUT2D eigenvalue weighted by atomic mass is 79.9. The molecule has 0 radical (unpaired) electrons. The molecule has 1 saturated carbocycles. The van der Waals surface area contributed by atoms with E-state index >= 15 is 0 Å². The number of carbonyl (C=O) groups excluding carboxylic acids is 1. The van der Waals surface area contributed by atoms with Gasteiger partial charge in [0.25, 0.3) is 0 Å². The molecule has 2 atom stereocenters. The van der Waals surface area contributed by atoms with Gasteiger partial charge in [-0.2, -0.15) is 0 Å². The fourth-order valence-corrected chi connectivity index (χ4v) is 6.56. The molecule has 0 amide bonds. The molecule has 1 aliphatic carbocycles. The summed E-state index contributed by atoms with van der Waals surface area (Å²) in [5.74, 6) is 1.20. The Labute approximate surface area is 222 Å². The summed E-state index contributed by atoms with van der Waals surface area (Å²) in [5, 5.41) is 0. The van der Waals surface area contributed by atoms with Crippen LogP contribution in [-0.2, 0) is 14.3 Å². The molecule has 190 valence electrons. The minimum absolute atomic E-state index is 0.154. The zero-order valence-electron chi connectivity index (χ0n) is 20.5. The molecule has 0 bridgehead atoms. The molecule has 2 aliphatic rings. The van der Waals surface area contributed by atoms with Crippen LogP contribution in [0.3, 0.4) is 0 Å². The molecule has 2 aromatic rings. The molecule has 7 nitrogen and oxygen atoms in total. The van der Waals surface area contributed by atoms with Crippen molar-refractivity contribution in [1.29, 1.82) is 0 Å². The van der Waals surface area contributed by atoms with Crippen molar-refractivity contribution in [3.8, 4) is 23.0 Å². The lowest BCUT2D eigenvalue weighted by Gasteiger charge is -2.46. The van der Waals surface area contributed by atoms with Crippen molar-refractivity contribution in [2.75, 3.05) is 41.7 Å². The van der Waals surface area contributed by atoms with Crippen molar-refractivity contribution in [1.82, 2.24) is 0 Å². The van der Waals surface area contributed by atoms with Crippen molar-refractivity contribution >= 4 is 37.6 Å². The normalized spacial score (nSPS) is 22.2. The molecule has 2 fully saturated rings. The molecule has 0 unspecified atom stereocenters. The maximum atomic E-state index is 13.3. The molecule has 1 aliphatic heterocycles. The Morgan fingerprint density at radius 3 is 1.51 bits per heavy atom. The first-order valence-electron chi connectivity index (χ1n) is 11.4. The Hall–Kier alpha value is -1.81. The maximum Gasteiger partial charge on any atom is 0.169 e. The number of Topliss-reactive ketones (excluding diaryl/α,β-unsaturated/α-hetero) is 1. The van der Waals surface area contributed by atoms with Crippen LogP contribution < -0.4 is 18.9 Å². The van der Waals surface area contributed by atoms with Gasteiger partial charge in [-0.3, -0.25) is 4.79 Å². The highest BCUT2D eigenvalue weighted by molar-refractivity contribution is 9.10. The van der Waals surface area contributed by atoms with Crippen molar-refractivity contribution in [3.05, 3.63) is 44.3 Å². The van der Waals surface area contributed by atoms with E-state index in [0.29, 0.717) is 49.1 Å². The van der Waals surface area contributed by atoms with Crippen LogP contribution >= 0.6 is 31.9 Å². The van der Waals surface area contributed by atoms with Gasteiger partial charge in [0, 0.05) is 42.7 Å². The van der Waals surface area contributed by atoms with E-state index in [1.165, 1.54) is 0 Å². The molecule has 9 heteroatoms. The Kier molecular flexibility index (Phi) is 8.00. The number of benzene rings is 2. The SMILES string of the molecule is COc1cc(OC)c([C@H]2CC(=O)C[C@H](c3cc(Br)c(OC)cc3OC)C2C2(C)OCCO2)cc1Br. The summed E-state index contributed by atoms with van der Waals surface area (Å²) in [5.41, 5.74) is 1.80. The molecule has 4 rings (SSSR count). The molecular formula is C26H30Br2O7. The smallest absolute Gasteiger partial charge is 0.169 e. The van der Waals surface area contributed by atoms with Crippen LogP contribution in [0.4, 0.5) is 0 Å². The second kappa shape index (κ2) is 10.7. The third-order valence-corrected chi connectivity index (χ3v) is 8.27. The van der Waals surface area contributed by atoms with Crippen LogP contribution in [0.2, 0.25) is 0 Å². The molecule has 1 heterocycles. The van der Waals surface area contributed by atoms with Gasteiger partial charge in [0.05, 0.1) is 50.6 Å². The lowest BCUT2D eigenvalue weighted by Crippen LogP contribution is -2.46. The van der Waals surface area contributed by atoms with E-state index in [1.54, 1.807) is 28.4 Å². The standard InChI is InChI=1S/C26H30Br2O7/c1-26(34-6-7-35-26)25-17(15-10-19(27)23(32-4)12-21(15)30-2)8-14(29)9-18(25)16-11-20(28)24(33-5)13-22(16)31-3/h10-13,17-18,25H,6-9H2,1-5H3/t17-,18-/m1/s1. The van der Waals surface area contributed by atoms with E-state index in [1.807, 2.05) is 31.2 Å². The third kappa shape index (κ3) is 4.92. The van der Waals surface area contributed by atoms with Crippen molar-refractivity contribution in [3.63, 3.8) is 0 Å². The minimum Gasteiger partial charge on any atom is -0.496 e. The van der Waals surface area contributed by atoms with Crippen LogP contribution in [0.15, 0.2) is 33.2 Å². The summed E-state index contributed by atoms with van der Waals surface area (Å²) in [4.78, 5) is 13.3. The highest BCUT2D eigenvalue weighted by Crippen LogP contribution is 2.56. The highest BCUT2D eigenvalue weighted by Gasteiger charge is 2.53. The average Bonchev–Trinajstić information content (AvgIpc) is 3.30. The Balaban J connectivity index is 1.92. The van der Waals surface area contributed by atoms with Gasteiger partial charge in [0.15, 0.2) is 5.79 Å². The topological polar surface area (TPSA) is 72.5 Å². The monoisotopic (exact) mass is 612 g/mol. The fraction of sp³-hybridized carbons (Fsp3) is 0.500. The van der Waals surface area contributed by atoms with E-state index in [2.05, 4.69) is 31.9 Å². The summed E-state index contributed by atoms with van der Waals surface area (Å²) in [7, 11) is 6.46. The van der Waals surface area contributed by atoms with Crippen molar-refractivity contribution in [2.24, 2.45) is 5.92 Å². The summed E-state index contributed by atoms with van der Waals surface area (Å²) in [6, 6.07) is 7.64. The predicted octanol–water partition coefficient (Wildman–Crippen LogP) is 5.86. The second-order valence-corrected chi connectivity index (χ2v) is 10.6. The molecule has 0 spiro atoms. The second-order valence-electron chi connectivity index (χ2n) is 8.86. The first-order valence-corrected chi connectivity index (χ1v) is 13.0. The van der Waals surface area contributed by atoms with Gasteiger partial charge in [-0.1, -0.05) is 0 Å². The van der Waals surface area contributed by atoms with Crippen molar-refractivity contribution in [2.45, 2.75) is 37.4 Å². The quantitative estimate of drug-likeness (QED) is 0.387. The molecule has 2 aromatic carbocycles. The van der Waals surface area contributed by atoms with E-state index < -0.39 is 5.79 Å². The van der Waals surface area contributed by atoms with Crippen LogP contribution in [0, 0.1) is 5.92 Å². The van der Waals surface area contributed by atoms with Crippen LogP contribution in [0.5, 0.6) is 23.0 Å². The van der Waals surface area contributed by atoms with Crippen LogP contribution in [-0.4, -0.2) is 53.2 Å². The Morgan fingerprint density at radius 1 is 0.743 bits per heavy atom. The maximum absolute atomic E-state index is 13.3. The predicted molar refractivity (Wildman–Crippen MR) is 138 cm³/mol. The van der Waals surface area contributed by atoms with E-state index in [4.69, 9.17) is 28.4 Å². The first kappa shape index (κ1) is 26.3. The van der Waals surface area contributed by atoms with Gasteiger partial charge in [0.2, 0.25) is 0 Å². The van der Waals surface area contributed by atoms with Gasteiger partial charge in [0.1, 0.15) is 28.8 Å². The largest absolute Gasteiger partial charge is 0.496 e. The van der Waals surface area contributed by atoms with Crippen molar-refractivity contribution < 1.29 is 33.2 Å². The Morgan fingerprint density at radius 2 is 1.14 bits per heavy atom. The fourth-order valence-electron chi connectivity index (χ4n) is 5.51. The van der Waals surface area contributed by atoms with Crippen LogP contribution in [0.25, 0.3) is 0 Å². The lowest BCUT2D eigenvalue weighted by atomic mass is 9.63. The zero-order valence-corrected chi connectivity index (χ0v) is 23.7. The van der Waals surface area contributed by atoms with Gasteiger partial charge in [-0.15, -0.1) is 0 Å². The van der Waals surface area contributed by atoms with Gasteiger partial charge >= 0.3 is 0 Å². The van der Waals surface area contributed by atoms with Gasteiger partial charge in [-0.25, -0.2) is 0 Å². The van der Waals surface area contributed by atoms with Gasteiger partial charge < -0.3 is 28.4 Å². The minimum atomic E-state index is -0.898. The molecular weight excluding hydrogens is 584 g/mol. The number of hydrogen-bond acceptors (Lipinski definition) is 7. The van der Waals surface area contributed by atoms with E-state index in [-0.39, 0.29) is 23.5 Å². The number of rotatable bonds is 7. The number of halogens is 2. The van der Waals surface area contributed by atoms with E-state index in [9.17, 15) is 4.79 Å². The van der Waals surface area contributed by atoms with E-state index in [0.717, 1.165) is 20.1 Å². The average molecular weight is 614 g/mol. The third-order valence-electron chi connectivity index (χ3n) is 7.04. The summed E-state index contributed by atoms with van der Waals surface area (Å²) in [6.07, 6.45) is 0.691. The number of methoxy groups -OCH3 is 4. The summed E-state index contributed by atoms with van der Waals surface area (Å²) in [6.45, 7) is 2.96. The number of ketones is 1. The van der Waals surface area contributed by atoms with Crippen LogP contribution in [0.1, 0.15) is 42.7 Å². The molecule has 0 N–H and O–H groups in total. The lowest BCUT2D eigenvalue weighted by molar-refractivity contribution is -0.197. The molecule has 1 saturated heterocycles.